The van der Waals surface area contributed by atoms with Crippen molar-refractivity contribution in [2.45, 2.75) is 19.9 Å². The van der Waals surface area contributed by atoms with Crippen LogP contribution in [0.3, 0.4) is 0 Å². The number of carbonyl (C=O) groups excluding carboxylic acids is 1. The van der Waals surface area contributed by atoms with Crippen molar-refractivity contribution in [1.29, 1.82) is 0 Å². The van der Waals surface area contributed by atoms with Gasteiger partial charge in [-0.1, -0.05) is 56.3 Å². The van der Waals surface area contributed by atoms with Crippen LogP contribution in [0.4, 0.5) is 0 Å². The van der Waals surface area contributed by atoms with E-state index in [1.807, 2.05) is 62.4 Å². The van der Waals surface area contributed by atoms with Crippen molar-refractivity contribution >= 4 is 5.97 Å². The van der Waals surface area contributed by atoms with Crippen LogP contribution in [0.15, 0.2) is 48.5 Å². The molecule has 0 fully saturated rings. The van der Waals surface area contributed by atoms with Crippen LogP contribution in [-0.4, -0.2) is 13.0 Å². The zero-order valence-corrected chi connectivity index (χ0v) is 12.0. The summed E-state index contributed by atoms with van der Waals surface area (Å²) in [5, 5.41) is 3.01. The number of fused-ring (bicyclic) bond motifs is 3. The number of nitrogens with one attached hydrogen (secondary N) is 1. The molecule has 2 aromatic rings. The number of hydrogen-bond acceptors (Lipinski definition) is 3. The van der Waals surface area contributed by atoms with Crippen molar-refractivity contribution in [3.05, 3.63) is 54.1 Å². The normalized spacial score (nSPS) is 15.9. The van der Waals surface area contributed by atoms with E-state index in [9.17, 15) is 4.79 Å². The number of para-hydroxylation sites is 1. The Hall–Kier alpha value is -2.13. The van der Waals surface area contributed by atoms with E-state index in [1.54, 1.807) is 7.05 Å². The van der Waals surface area contributed by atoms with Gasteiger partial charge in [0.2, 0.25) is 0 Å². The van der Waals surface area contributed by atoms with E-state index in [0.29, 0.717) is 5.75 Å². The largest absolute Gasteiger partial charge is 0.424 e. The Bertz CT molecular complexity index is 607. The van der Waals surface area contributed by atoms with Gasteiger partial charge in [-0.2, -0.15) is 0 Å². The van der Waals surface area contributed by atoms with Crippen LogP contribution in [0.5, 0.6) is 5.75 Å². The molecule has 3 nitrogen and oxygen atoms in total. The Labute approximate surface area is 119 Å². The van der Waals surface area contributed by atoms with Crippen LogP contribution in [0.1, 0.15) is 25.5 Å². The summed E-state index contributed by atoms with van der Waals surface area (Å²) in [6, 6.07) is 15.1. The molecule has 1 unspecified atom stereocenters. The third-order valence-electron chi connectivity index (χ3n) is 3.18. The molecule has 1 N–H and O–H groups in total. The molecule has 1 aliphatic heterocycles. The van der Waals surface area contributed by atoms with E-state index in [-0.39, 0.29) is 5.97 Å². The molecule has 0 aromatic heterocycles. The number of carbonyl (C=O) groups is 1. The molecule has 0 aliphatic carbocycles. The topological polar surface area (TPSA) is 38.3 Å². The molecule has 0 spiro atoms. The van der Waals surface area contributed by atoms with Crippen molar-refractivity contribution < 1.29 is 9.53 Å². The highest BCUT2D eigenvalue weighted by Crippen LogP contribution is 2.38. The van der Waals surface area contributed by atoms with Gasteiger partial charge in [-0.25, -0.2) is 4.79 Å². The minimum atomic E-state index is -0.423. The van der Waals surface area contributed by atoms with Crippen LogP contribution in [0.2, 0.25) is 0 Å². The Morgan fingerprint density at radius 3 is 2.25 bits per heavy atom. The van der Waals surface area contributed by atoms with Gasteiger partial charge < -0.3 is 10.1 Å². The predicted octanol–water partition coefficient (Wildman–Crippen LogP) is 3.56. The zero-order chi connectivity index (χ0) is 14.5. The molecule has 1 heterocycles. The summed E-state index contributed by atoms with van der Waals surface area (Å²) in [4.78, 5) is 12.1. The first-order valence-electron chi connectivity index (χ1n) is 6.88. The van der Waals surface area contributed by atoms with Crippen LogP contribution in [-0.2, 0) is 4.79 Å². The highest BCUT2D eigenvalue weighted by molar-refractivity contribution is 5.89. The number of rotatable bonds is 1. The lowest BCUT2D eigenvalue weighted by Crippen LogP contribution is -2.28. The smallest absolute Gasteiger partial charge is 0.333 e. The van der Waals surface area contributed by atoms with Gasteiger partial charge >= 0.3 is 5.97 Å². The second kappa shape index (κ2) is 6.35. The van der Waals surface area contributed by atoms with E-state index in [0.717, 1.165) is 16.7 Å². The molecule has 0 amide bonds. The van der Waals surface area contributed by atoms with Crippen molar-refractivity contribution in [3.8, 4) is 16.9 Å². The summed E-state index contributed by atoms with van der Waals surface area (Å²) in [7, 11) is 1.76. The average Bonchev–Trinajstić information content (AvgIpc) is 2.63. The lowest BCUT2D eigenvalue weighted by atomic mass is 9.95. The fraction of sp³-hybridized carbons (Fsp3) is 0.235. The van der Waals surface area contributed by atoms with Crippen molar-refractivity contribution in [2.24, 2.45) is 0 Å². The summed E-state index contributed by atoms with van der Waals surface area (Å²) >= 11 is 0. The van der Waals surface area contributed by atoms with E-state index < -0.39 is 6.04 Å². The number of benzene rings is 2. The Balaban J connectivity index is 0.000000704. The molecule has 20 heavy (non-hydrogen) atoms. The van der Waals surface area contributed by atoms with Crippen LogP contribution in [0, 0.1) is 0 Å². The molecule has 2 aromatic carbocycles. The van der Waals surface area contributed by atoms with Gasteiger partial charge in [0, 0.05) is 5.56 Å². The number of hydrogen-bond donors (Lipinski definition) is 1. The monoisotopic (exact) mass is 269 g/mol. The first-order valence-corrected chi connectivity index (χ1v) is 6.88. The maximum absolute atomic E-state index is 12.1. The molecular weight excluding hydrogens is 250 g/mol. The third-order valence-corrected chi connectivity index (χ3v) is 3.18. The standard InChI is InChI=1S/C15H13NO2.C2H6/c1-16-14-12-8-3-2-6-10(12)11-7-4-5-9-13(11)18-15(14)17;1-2/h2-9,14,16H,1H3;1-2H3. The number of likely N-dealkylation sites (N-methyl/N-ethyl adjacent to an activating group) is 1. The summed E-state index contributed by atoms with van der Waals surface area (Å²) in [5.74, 6) is 0.350. The number of ether oxygens (including phenoxy) is 1. The van der Waals surface area contributed by atoms with E-state index in [4.69, 9.17) is 4.74 Å². The molecule has 0 radical (unpaired) electrons. The van der Waals surface area contributed by atoms with Crippen molar-refractivity contribution in [3.63, 3.8) is 0 Å². The Kier molecular flexibility index (Phi) is 4.53. The van der Waals surface area contributed by atoms with Crippen LogP contribution >= 0.6 is 0 Å². The molecule has 1 aliphatic rings. The van der Waals surface area contributed by atoms with Gasteiger partial charge in [-0.05, 0) is 24.2 Å². The van der Waals surface area contributed by atoms with Gasteiger partial charge in [0.1, 0.15) is 11.8 Å². The molecule has 0 bridgehead atoms. The van der Waals surface area contributed by atoms with Gasteiger partial charge in [0.05, 0.1) is 0 Å². The summed E-state index contributed by atoms with van der Waals surface area (Å²) < 4.78 is 5.44. The Morgan fingerprint density at radius 2 is 1.55 bits per heavy atom. The Morgan fingerprint density at radius 1 is 0.950 bits per heavy atom. The van der Waals surface area contributed by atoms with Gasteiger partial charge in [-0.3, -0.25) is 0 Å². The first-order chi connectivity index (χ1) is 9.81. The van der Waals surface area contributed by atoms with E-state index in [2.05, 4.69) is 5.32 Å². The number of esters is 1. The lowest BCUT2D eigenvalue weighted by Gasteiger charge is -2.13. The van der Waals surface area contributed by atoms with Crippen LogP contribution in [0.25, 0.3) is 11.1 Å². The maximum atomic E-state index is 12.1. The van der Waals surface area contributed by atoms with E-state index in [1.165, 1.54) is 0 Å². The summed E-state index contributed by atoms with van der Waals surface area (Å²) in [6.07, 6.45) is 0. The fourth-order valence-corrected chi connectivity index (χ4v) is 2.34. The molecule has 0 saturated heterocycles. The molecule has 0 saturated carbocycles. The van der Waals surface area contributed by atoms with Crippen molar-refractivity contribution in [1.82, 2.24) is 5.32 Å². The molecular formula is C17H19NO2. The second-order valence-electron chi connectivity index (χ2n) is 4.23. The quantitative estimate of drug-likeness (QED) is 0.635. The van der Waals surface area contributed by atoms with Gasteiger partial charge in [0.15, 0.2) is 0 Å². The van der Waals surface area contributed by atoms with Gasteiger partial charge in [-0.15, -0.1) is 0 Å². The first kappa shape index (κ1) is 14.3. The zero-order valence-electron chi connectivity index (χ0n) is 12.0. The summed E-state index contributed by atoms with van der Waals surface area (Å²) in [5.41, 5.74) is 2.95. The summed E-state index contributed by atoms with van der Waals surface area (Å²) in [6.45, 7) is 4.00. The van der Waals surface area contributed by atoms with E-state index >= 15 is 0 Å². The lowest BCUT2D eigenvalue weighted by molar-refractivity contribution is -0.136. The third kappa shape index (κ3) is 2.45. The average molecular weight is 269 g/mol. The molecule has 3 rings (SSSR count). The highest BCUT2D eigenvalue weighted by Gasteiger charge is 2.28. The maximum Gasteiger partial charge on any atom is 0.333 e. The second-order valence-corrected chi connectivity index (χ2v) is 4.23. The fourth-order valence-electron chi connectivity index (χ4n) is 2.34. The molecule has 104 valence electrons. The SMILES string of the molecule is CC.CNC1C(=O)Oc2ccccc2-c2ccccc21. The van der Waals surface area contributed by atoms with Gasteiger partial charge in [0.25, 0.3) is 0 Å². The minimum absolute atomic E-state index is 0.269. The molecule has 1 atom stereocenters. The van der Waals surface area contributed by atoms with Crippen molar-refractivity contribution in [2.75, 3.05) is 7.05 Å². The minimum Gasteiger partial charge on any atom is -0.424 e. The predicted molar refractivity (Wildman–Crippen MR) is 80.7 cm³/mol. The molecule has 3 heteroatoms. The highest BCUT2D eigenvalue weighted by atomic mass is 16.5. The van der Waals surface area contributed by atoms with Crippen LogP contribution < -0.4 is 10.1 Å².